The number of esters is 1. The Morgan fingerprint density at radius 1 is 1.33 bits per heavy atom. The number of ether oxygens (including phenoxy) is 1. The molecule has 2 aromatic rings. The zero-order valence-corrected chi connectivity index (χ0v) is 15.5. The molecule has 24 heavy (non-hydrogen) atoms. The fraction of sp³-hybridized carbons (Fsp3) is 0.312. The molecule has 8 heteroatoms. The lowest BCUT2D eigenvalue weighted by molar-refractivity contribution is -0.116. The molecule has 0 atom stereocenters. The van der Waals surface area contributed by atoms with Crippen LogP contribution in [0.5, 0.6) is 0 Å². The number of aromatic nitrogens is 1. The molecule has 0 spiro atoms. The SMILES string of the molecule is CCOC(=O)c1sc(NC(=O)CCc2cccc(Cl)c2Cl)nc1C. The molecule has 1 aromatic heterocycles. The van der Waals surface area contributed by atoms with Gasteiger partial charge in [-0.05, 0) is 31.9 Å². The Hall–Kier alpha value is -1.63. The zero-order chi connectivity index (χ0) is 17.7. The molecule has 1 N–H and O–H groups in total. The molecule has 0 bridgehead atoms. The molecule has 0 saturated carbocycles. The molecule has 1 heterocycles. The minimum absolute atomic E-state index is 0.213. The van der Waals surface area contributed by atoms with Gasteiger partial charge in [0.1, 0.15) is 4.88 Å². The van der Waals surface area contributed by atoms with E-state index in [0.717, 1.165) is 16.9 Å². The summed E-state index contributed by atoms with van der Waals surface area (Å²) < 4.78 is 4.95. The maximum atomic E-state index is 12.1. The van der Waals surface area contributed by atoms with Crippen molar-refractivity contribution in [1.82, 2.24) is 4.98 Å². The normalized spacial score (nSPS) is 10.5. The second-order valence-corrected chi connectivity index (χ2v) is 6.70. The number of halogens is 2. The third-order valence-electron chi connectivity index (χ3n) is 3.16. The van der Waals surface area contributed by atoms with Crippen molar-refractivity contribution in [2.75, 3.05) is 11.9 Å². The molecule has 5 nitrogen and oxygen atoms in total. The summed E-state index contributed by atoms with van der Waals surface area (Å²) in [5, 5.41) is 3.98. The molecule has 0 aliphatic rings. The van der Waals surface area contributed by atoms with Crippen LogP contribution in [0, 0.1) is 6.92 Å². The van der Waals surface area contributed by atoms with Crippen LogP contribution in [0.25, 0.3) is 0 Å². The molecule has 0 fully saturated rings. The number of carbonyl (C=O) groups excluding carboxylic acids is 2. The molecule has 128 valence electrons. The number of hydrogen-bond donors (Lipinski definition) is 1. The van der Waals surface area contributed by atoms with Gasteiger partial charge in [-0.1, -0.05) is 46.7 Å². The van der Waals surface area contributed by atoms with E-state index in [4.69, 9.17) is 27.9 Å². The zero-order valence-electron chi connectivity index (χ0n) is 13.2. The predicted octanol–water partition coefficient (Wildman–Crippen LogP) is 4.51. The van der Waals surface area contributed by atoms with Gasteiger partial charge in [-0.15, -0.1) is 0 Å². The van der Waals surface area contributed by atoms with E-state index in [1.54, 1.807) is 26.0 Å². The number of benzene rings is 1. The first-order valence-electron chi connectivity index (χ1n) is 7.29. The maximum Gasteiger partial charge on any atom is 0.350 e. The fourth-order valence-electron chi connectivity index (χ4n) is 2.01. The number of nitrogens with zero attached hydrogens (tertiary/aromatic N) is 1. The van der Waals surface area contributed by atoms with E-state index in [0.29, 0.717) is 32.2 Å². The Labute approximate surface area is 153 Å². The van der Waals surface area contributed by atoms with Gasteiger partial charge >= 0.3 is 5.97 Å². The van der Waals surface area contributed by atoms with Gasteiger partial charge in [0.2, 0.25) is 5.91 Å². The van der Waals surface area contributed by atoms with Crippen LogP contribution in [0.15, 0.2) is 18.2 Å². The van der Waals surface area contributed by atoms with Crippen LogP contribution in [0.3, 0.4) is 0 Å². The fourth-order valence-corrected chi connectivity index (χ4v) is 3.30. The van der Waals surface area contributed by atoms with Crippen molar-refractivity contribution in [1.29, 1.82) is 0 Å². The molecular formula is C16H16Cl2N2O3S. The second-order valence-electron chi connectivity index (χ2n) is 4.92. The van der Waals surface area contributed by atoms with Crippen LogP contribution < -0.4 is 5.32 Å². The standard InChI is InChI=1S/C16H16Cl2N2O3S/c1-3-23-15(22)14-9(2)19-16(24-14)20-12(21)8-7-10-5-4-6-11(17)13(10)18/h4-6H,3,7-8H2,1-2H3,(H,19,20,21). The van der Waals surface area contributed by atoms with Crippen LogP contribution in [0.1, 0.15) is 34.3 Å². The van der Waals surface area contributed by atoms with Crippen molar-refractivity contribution >= 4 is 51.5 Å². The van der Waals surface area contributed by atoms with Gasteiger partial charge in [0.15, 0.2) is 5.13 Å². The van der Waals surface area contributed by atoms with E-state index in [1.165, 1.54) is 0 Å². The Kier molecular flexibility index (Phi) is 6.60. The monoisotopic (exact) mass is 386 g/mol. The predicted molar refractivity (Wildman–Crippen MR) is 96.2 cm³/mol. The highest BCUT2D eigenvalue weighted by Crippen LogP contribution is 2.27. The van der Waals surface area contributed by atoms with Gasteiger partial charge < -0.3 is 10.1 Å². The number of carbonyl (C=O) groups is 2. The molecule has 2 rings (SSSR count). The summed E-state index contributed by atoms with van der Waals surface area (Å²) in [4.78, 5) is 28.4. The summed E-state index contributed by atoms with van der Waals surface area (Å²) in [6, 6.07) is 5.31. The minimum atomic E-state index is -0.432. The van der Waals surface area contributed by atoms with Gasteiger partial charge in [0, 0.05) is 6.42 Å². The van der Waals surface area contributed by atoms with Crippen LogP contribution in [-0.4, -0.2) is 23.5 Å². The Morgan fingerprint density at radius 3 is 2.79 bits per heavy atom. The van der Waals surface area contributed by atoms with E-state index in [9.17, 15) is 9.59 Å². The van der Waals surface area contributed by atoms with Crippen molar-refractivity contribution in [3.63, 3.8) is 0 Å². The van der Waals surface area contributed by atoms with Gasteiger partial charge in [-0.25, -0.2) is 9.78 Å². The van der Waals surface area contributed by atoms with Crippen LogP contribution >= 0.6 is 34.5 Å². The third kappa shape index (κ3) is 4.69. The van der Waals surface area contributed by atoms with E-state index in [1.807, 2.05) is 6.07 Å². The summed E-state index contributed by atoms with van der Waals surface area (Å²) in [5.41, 5.74) is 1.34. The van der Waals surface area contributed by atoms with Crippen molar-refractivity contribution in [3.05, 3.63) is 44.4 Å². The van der Waals surface area contributed by atoms with Crippen molar-refractivity contribution in [2.45, 2.75) is 26.7 Å². The van der Waals surface area contributed by atoms with Crippen molar-refractivity contribution in [2.24, 2.45) is 0 Å². The van der Waals surface area contributed by atoms with Crippen LogP contribution in [-0.2, 0) is 16.0 Å². The largest absolute Gasteiger partial charge is 0.462 e. The number of amides is 1. The minimum Gasteiger partial charge on any atom is -0.462 e. The Bertz CT molecular complexity index is 762. The molecule has 0 radical (unpaired) electrons. The lowest BCUT2D eigenvalue weighted by atomic mass is 10.1. The maximum absolute atomic E-state index is 12.1. The van der Waals surface area contributed by atoms with E-state index >= 15 is 0 Å². The molecule has 0 unspecified atom stereocenters. The van der Waals surface area contributed by atoms with Crippen molar-refractivity contribution < 1.29 is 14.3 Å². The number of nitrogens with one attached hydrogen (secondary N) is 1. The van der Waals surface area contributed by atoms with Crippen LogP contribution in [0.4, 0.5) is 5.13 Å². The topological polar surface area (TPSA) is 68.3 Å². The quantitative estimate of drug-likeness (QED) is 0.741. The summed E-state index contributed by atoms with van der Waals surface area (Å²) in [6.45, 7) is 3.72. The Balaban J connectivity index is 1.96. The van der Waals surface area contributed by atoms with Crippen LogP contribution in [0.2, 0.25) is 10.0 Å². The molecule has 1 aromatic carbocycles. The highest BCUT2D eigenvalue weighted by atomic mass is 35.5. The van der Waals surface area contributed by atoms with Gasteiger partial charge in [-0.3, -0.25) is 4.79 Å². The summed E-state index contributed by atoms with van der Waals surface area (Å²) in [6.07, 6.45) is 0.688. The molecular weight excluding hydrogens is 371 g/mol. The highest BCUT2D eigenvalue weighted by Gasteiger charge is 2.17. The average Bonchev–Trinajstić information content (AvgIpc) is 2.89. The molecule has 1 amide bonds. The molecule has 0 aliphatic carbocycles. The van der Waals surface area contributed by atoms with E-state index in [2.05, 4.69) is 10.3 Å². The van der Waals surface area contributed by atoms with E-state index in [-0.39, 0.29) is 18.9 Å². The number of anilines is 1. The number of rotatable bonds is 6. The first-order valence-corrected chi connectivity index (χ1v) is 8.87. The first kappa shape index (κ1) is 18.7. The van der Waals surface area contributed by atoms with E-state index < -0.39 is 5.97 Å². The smallest absolute Gasteiger partial charge is 0.350 e. The van der Waals surface area contributed by atoms with Gasteiger partial charge in [0.25, 0.3) is 0 Å². The summed E-state index contributed by atoms with van der Waals surface area (Å²) in [5.74, 6) is -0.645. The third-order valence-corrected chi connectivity index (χ3v) is 5.07. The lowest BCUT2D eigenvalue weighted by Crippen LogP contribution is -2.12. The number of aryl methyl sites for hydroxylation is 2. The highest BCUT2D eigenvalue weighted by molar-refractivity contribution is 7.17. The molecule has 0 saturated heterocycles. The second kappa shape index (κ2) is 8.46. The summed E-state index contributed by atoms with van der Waals surface area (Å²) in [7, 11) is 0. The summed E-state index contributed by atoms with van der Waals surface area (Å²) >= 11 is 13.1. The van der Waals surface area contributed by atoms with Gasteiger partial charge in [0.05, 0.1) is 22.3 Å². The van der Waals surface area contributed by atoms with Crippen molar-refractivity contribution in [3.8, 4) is 0 Å². The molecule has 0 aliphatic heterocycles. The average molecular weight is 387 g/mol. The number of thiazole rings is 1. The van der Waals surface area contributed by atoms with Gasteiger partial charge in [-0.2, -0.15) is 0 Å². The first-order chi connectivity index (χ1) is 11.4. The Morgan fingerprint density at radius 2 is 2.08 bits per heavy atom. The number of hydrogen-bond acceptors (Lipinski definition) is 5. The lowest BCUT2D eigenvalue weighted by Gasteiger charge is -2.05.